The van der Waals surface area contributed by atoms with E-state index in [0.717, 1.165) is 33.7 Å². The summed E-state index contributed by atoms with van der Waals surface area (Å²) in [6, 6.07) is 57.2. The van der Waals surface area contributed by atoms with Crippen LogP contribution >= 0.6 is 11.3 Å². The highest BCUT2D eigenvalue weighted by Crippen LogP contribution is 2.54. The molecule has 0 bridgehead atoms. The summed E-state index contributed by atoms with van der Waals surface area (Å²) in [5.41, 5.74) is 22.9. The van der Waals surface area contributed by atoms with Crippen LogP contribution in [0.2, 0.25) is 0 Å². The van der Waals surface area contributed by atoms with Crippen LogP contribution in [0, 0.1) is 0 Å². The van der Waals surface area contributed by atoms with Crippen molar-refractivity contribution in [3.63, 3.8) is 0 Å². The molecule has 0 amide bonds. The first-order valence-electron chi connectivity index (χ1n) is 27.4. The molecule has 76 heavy (non-hydrogen) atoms. The number of thiophene rings is 1. The smallest absolute Gasteiger partial charge is 0.297 e. The van der Waals surface area contributed by atoms with Gasteiger partial charge in [-0.05, 0) is 156 Å². The number of furan rings is 1. The summed E-state index contributed by atoms with van der Waals surface area (Å²) in [6.07, 6.45) is 0. The minimum Gasteiger partial charge on any atom is -0.468 e. The number of nitrogens with zero attached hydrogens (tertiary/aromatic N) is 3. The molecule has 0 atom stereocenters. The molecule has 0 unspecified atom stereocenters. The van der Waals surface area contributed by atoms with E-state index in [9.17, 15) is 0 Å². The molecule has 4 nitrogen and oxygen atoms in total. The van der Waals surface area contributed by atoms with Gasteiger partial charge in [0.2, 0.25) is 0 Å². The fraction of sp³-hybridized carbons (Fsp3) is 0.229. The second kappa shape index (κ2) is 14.3. The summed E-state index contributed by atoms with van der Waals surface area (Å²) in [6.45, 7) is 27.8. The lowest BCUT2D eigenvalue weighted by atomic mass is 9.35. The van der Waals surface area contributed by atoms with Crippen molar-refractivity contribution in [2.75, 3.05) is 4.90 Å². The largest absolute Gasteiger partial charge is 0.468 e. The molecule has 6 heteroatoms. The number of hydrogen-bond donors (Lipinski definition) is 0. The van der Waals surface area contributed by atoms with Crippen molar-refractivity contribution in [3.8, 4) is 22.5 Å². The van der Waals surface area contributed by atoms with E-state index in [4.69, 9.17) is 4.42 Å². The Hall–Kier alpha value is -7.54. The molecule has 0 saturated heterocycles. The molecule has 2 aliphatic heterocycles. The van der Waals surface area contributed by atoms with Gasteiger partial charge in [0.05, 0.1) is 33.6 Å². The van der Waals surface area contributed by atoms with E-state index < -0.39 is 0 Å². The van der Waals surface area contributed by atoms with E-state index >= 15 is 0 Å². The Kier molecular flexibility index (Phi) is 8.41. The fourth-order valence-electron chi connectivity index (χ4n) is 13.9. The maximum absolute atomic E-state index is 7.52. The highest BCUT2D eigenvalue weighted by Gasteiger charge is 2.47. The minimum absolute atomic E-state index is 0.00893. The van der Waals surface area contributed by atoms with Gasteiger partial charge in [-0.25, -0.2) is 0 Å². The molecule has 0 saturated carbocycles. The van der Waals surface area contributed by atoms with Gasteiger partial charge < -0.3 is 18.5 Å². The van der Waals surface area contributed by atoms with Crippen LogP contribution in [0.15, 0.2) is 150 Å². The number of anilines is 3. The van der Waals surface area contributed by atoms with Crippen molar-refractivity contribution < 1.29 is 4.42 Å². The maximum Gasteiger partial charge on any atom is 0.297 e. The summed E-state index contributed by atoms with van der Waals surface area (Å²) >= 11 is 1.92. The van der Waals surface area contributed by atoms with Crippen molar-refractivity contribution in [2.45, 2.75) is 105 Å². The van der Waals surface area contributed by atoms with Crippen LogP contribution in [0.4, 0.5) is 17.1 Å². The van der Waals surface area contributed by atoms with E-state index in [2.05, 4.69) is 243 Å². The topological polar surface area (TPSA) is 26.2 Å². The van der Waals surface area contributed by atoms with Crippen molar-refractivity contribution in [3.05, 3.63) is 168 Å². The molecule has 16 rings (SSSR count). The third-order valence-corrected chi connectivity index (χ3v) is 18.9. The average Bonchev–Trinajstić information content (AvgIpc) is 4.10. The van der Waals surface area contributed by atoms with Gasteiger partial charge in [-0.15, -0.1) is 11.3 Å². The third-order valence-electron chi connectivity index (χ3n) is 17.8. The third kappa shape index (κ3) is 5.76. The SMILES string of the molecule is CC(C)(C)c1ccc(N2c3cc(-n4c5ccc6cccc7c6c5c5c6c(ccc54)sc4cccc-7c46)cc4c3B(c3oc5ccc(C(C)(C)C)cc5c32)c2cc(C(C)(C)C)cc3c5cc(C(C)(C)C)ccc5n-4c23)cc1. The zero-order valence-corrected chi connectivity index (χ0v) is 46.4. The summed E-state index contributed by atoms with van der Waals surface area (Å²) in [5.74, 6) is 0. The number of hydrogen-bond acceptors (Lipinski definition) is 3. The predicted molar refractivity (Wildman–Crippen MR) is 328 cm³/mol. The normalized spacial score (nSPS) is 14.3. The molecule has 1 aliphatic carbocycles. The monoisotopic (exact) mass is 1000 g/mol. The molecular formula is C70H60BN3OS. The summed E-state index contributed by atoms with van der Waals surface area (Å²) in [4.78, 5) is 2.58. The summed E-state index contributed by atoms with van der Waals surface area (Å²) < 4.78 is 15.5. The zero-order valence-electron chi connectivity index (χ0n) is 45.6. The quantitative estimate of drug-likeness (QED) is 0.161. The molecule has 13 aromatic rings. The molecule has 3 aliphatic rings. The summed E-state index contributed by atoms with van der Waals surface area (Å²) in [7, 11) is 0. The van der Waals surface area contributed by atoms with Gasteiger partial charge in [-0.1, -0.05) is 150 Å². The van der Waals surface area contributed by atoms with Gasteiger partial charge in [-0.3, -0.25) is 0 Å². The van der Waals surface area contributed by atoms with E-state index in [1.807, 2.05) is 11.3 Å². The molecule has 4 aromatic heterocycles. The molecular weight excluding hydrogens is 942 g/mol. The van der Waals surface area contributed by atoms with Crippen molar-refractivity contribution in [1.29, 1.82) is 0 Å². The second-order valence-corrected chi connectivity index (χ2v) is 27.7. The van der Waals surface area contributed by atoms with Crippen LogP contribution in [-0.2, 0) is 21.7 Å². The van der Waals surface area contributed by atoms with Gasteiger partial charge in [0.25, 0.3) is 6.71 Å². The molecule has 9 aromatic carbocycles. The van der Waals surface area contributed by atoms with E-state index in [1.165, 1.54) is 130 Å². The van der Waals surface area contributed by atoms with Crippen molar-refractivity contribution in [1.82, 2.24) is 9.13 Å². The van der Waals surface area contributed by atoms with Gasteiger partial charge in [-0.2, -0.15) is 0 Å². The lowest BCUT2D eigenvalue weighted by molar-refractivity contribution is 0.590. The molecule has 370 valence electrons. The van der Waals surface area contributed by atoms with E-state index in [-0.39, 0.29) is 28.4 Å². The number of aromatic nitrogens is 2. The fourth-order valence-corrected chi connectivity index (χ4v) is 15.0. The standard InChI is InChI=1S/C70H60BN3OS/c1-67(2,3)38-20-24-42(25-21-38)73-53-35-43(72-51-26-19-37-15-13-16-44-45-17-14-18-56-59(45)62-57(76-56)30-28-52(72)61(62)60(51)58(37)44)36-54-63(53)71(66-65(73)48-32-40(69(7,8)9)23-29-55(48)75-66)49-34-41(70(10,11)12)33-47-46-31-39(68(4,5)6)22-27-50(46)74(54)64(47)49/h13-36H,1-12H3. The molecule has 6 heterocycles. The lowest BCUT2D eigenvalue weighted by Gasteiger charge is -2.39. The lowest BCUT2D eigenvalue weighted by Crippen LogP contribution is -2.60. The zero-order chi connectivity index (χ0) is 52.0. The number of fused-ring (bicyclic) bond motifs is 10. The minimum atomic E-state index is -0.182. The highest BCUT2D eigenvalue weighted by atomic mass is 32.1. The van der Waals surface area contributed by atoms with E-state index in [0.29, 0.717) is 0 Å². The average molecular weight is 1000 g/mol. The molecule has 0 radical (unpaired) electrons. The van der Waals surface area contributed by atoms with Crippen LogP contribution in [0.25, 0.3) is 108 Å². The van der Waals surface area contributed by atoms with Gasteiger partial charge in [0.1, 0.15) is 5.58 Å². The van der Waals surface area contributed by atoms with Crippen LogP contribution in [0.5, 0.6) is 0 Å². The predicted octanol–water partition coefficient (Wildman–Crippen LogP) is 17.9. The number of benzene rings is 9. The van der Waals surface area contributed by atoms with Gasteiger partial charge >= 0.3 is 0 Å². The molecule has 0 fully saturated rings. The Morgan fingerprint density at radius 3 is 1.75 bits per heavy atom. The Morgan fingerprint density at radius 1 is 0.434 bits per heavy atom. The van der Waals surface area contributed by atoms with Gasteiger partial charge in [0, 0.05) is 69.7 Å². The first kappa shape index (κ1) is 44.7. The maximum atomic E-state index is 7.52. The van der Waals surface area contributed by atoms with Crippen LogP contribution < -0.4 is 21.5 Å². The Morgan fingerprint density at radius 2 is 1.03 bits per heavy atom. The highest BCUT2D eigenvalue weighted by molar-refractivity contribution is 7.26. The van der Waals surface area contributed by atoms with Crippen molar-refractivity contribution in [2.24, 2.45) is 0 Å². The first-order chi connectivity index (χ1) is 36.2. The Balaban J connectivity index is 1.11. The van der Waals surface area contributed by atoms with E-state index in [1.54, 1.807) is 0 Å². The Bertz CT molecular complexity index is 4790. The van der Waals surface area contributed by atoms with Gasteiger partial charge in [0.15, 0.2) is 0 Å². The second-order valence-electron chi connectivity index (χ2n) is 26.6. The van der Waals surface area contributed by atoms with Crippen LogP contribution in [0.1, 0.15) is 105 Å². The molecule has 0 N–H and O–H groups in total. The van der Waals surface area contributed by atoms with Crippen molar-refractivity contribution >= 4 is 137 Å². The van der Waals surface area contributed by atoms with Crippen LogP contribution in [0.3, 0.4) is 0 Å². The number of rotatable bonds is 2. The summed E-state index contributed by atoms with van der Waals surface area (Å²) in [5, 5.41) is 11.8. The first-order valence-corrected chi connectivity index (χ1v) is 28.2. The Labute approximate surface area is 448 Å². The van der Waals surface area contributed by atoms with Crippen LogP contribution in [-0.4, -0.2) is 15.8 Å². The molecule has 0 spiro atoms.